The number of aliphatic carboxylic acids is 1. The molecule has 0 aliphatic heterocycles. The second-order valence-electron chi connectivity index (χ2n) is 4.73. The number of nitrogens with zero attached hydrogens (tertiary/aromatic N) is 2. The Bertz CT molecular complexity index is 653. The molecule has 0 amide bonds. The SMILES string of the molecule is Cc1ccc(-c2noc(C3CC3C(=O)O)n2)c(Br)c1. The third kappa shape index (κ3) is 2.28. The zero-order valence-electron chi connectivity index (χ0n) is 10.1. The number of carboxylic acids is 1. The second-order valence-corrected chi connectivity index (χ2v) is 5.58. The molecule has 2 unspecified atom stereocenters. The Hall–Kier alpha value is -1.69. The Balaban J connectivity index is 1.88. The van der Waals surface area contributed by atoms with Crippen LogP contribution in [0.5, 0.6) is 0 Å². The van der Waals surface area contributed by atoms with Gasteiger partial charge in [-0.05, 0) is 31.0 Å². The van der Waals surface area contributed by atoms with Crippen LogP contribution in [0.2, 0.25) is 0 Å². The molecule has 0 radical (unpaired) electrons. The Morgan fingerprint density at radius 1 is 1.53 bits per heavy atom. The van der Waals surface area contributed by atoms with Gasteiger partial charge in [-0.25, -0.2) is 0 Å². The van der Waals surface area contributed by atoms with Gasteiger partial charge >= 0.3 is 5.97 Å². The first kappa shape index (κ1) is 12.3. The molecule has 1 aliphatic rings. The van der Waals surface area contributed by atoms with E-state index in [-0.39, 0.29) is 11.8 Å². The van der Waals surface area contributed by atoms with Crippen LogP contribution in [-0.4, -0.2) is 21.2 Å². The number of rotatable bonds is 3. The van der Waals surface area contributed by atoms with Crippen molar-refractivity contribution in [2.75, 3.05) is 0 Å². The minimum atomic E-state index is -0.804. The Morgan fingerprint density at radius 2 is 2.32 bits per heavy atom. The maximum Gasteiger partial charge on any atom is 0.307 e. The van der Waals surface area contributed by atoms with E-state index in [2.05, 4.69) is 26.1 Å². The third-order valence-corrected chi connectivity index (χ3v) is 3.89. The fourth-order valence-corrected chi connectivity index (χ4v) is 2.71. The number of hydrogen-bond donors (Lipinski definition) is 1. The summed E-state index contributed by atoms with van der Waals surface area (Å²) in [6, 6.07) is 5.85. The number of carboxylic acid groups (broad SMARTS) is 1. The van der Waals surface area contributed by atoms with Crippen LogP contribution in [0.15, 0.2) is 27.2 Å². The molecule has 1 aliphatic carbocycles. The van der Waals surface area contributed by atoms with E-state index < -0.39 is 5.97 Å². The van der Waals surface area contributed by atoms with Gasteiger partial charge in [0.1, 0.15) is 0 Å². The number of carbonyl (C=O) groups is 1. The molecule has 2 aromatic rings. The number of aryl methyl sites for hydroxylation is 1. The van der Waals surface area contributed by atoms with Gasteiger partial charge in [-0.15, -0.1) is 0 Å². The molecule has 1 heterocycles. The standard InChI is InChI=1S/C13H11BrN2O3/c1-6-2-3-7(10(14)4-6)11-15-12(19-16-11)8-5-9(8)13(17)18/h2-4,8-9H,5H2,1H3,(H,17,18). The molecule has 1 N–H and O–H groups in total. The van der Waals surface area contributed by atoms with Crippen LogP contribution in [0, 0.1) is 12.8 Å². The van der Waals surface area contributed by atoms with Crippen molar-refractivity contribution in [2.45, 2.75) is 19.3 Å². The van der Waals surface area contributed by atoms with E-state index in [9.17, 15) is 4.79 Å². The fraction of sp³-hybridized carbons (Fsp3) is 0.308. The van der Waals surface area contributed by atoms with Crippen molar-refractivity contribution in [1.29, 1.82) is 0 Å². The summed E-state index contributed by atoms with van der Waals surface area (Å²) in [6.07, 6.45) is 0.575. The van der Waals surface area contributed by atoms with Crippen molar-refractivity contribution in [2.24, 2.45) is 5.92 Å². The van der Waals surface area contributed by atoms with Gasteiger partial charge in [0, 0.05) is 10.0 Å². The Morgan fingerprint density at radius 3 is 2.95 bits per heavy atom. The quantitative estimate of drug-likeness (QED) is 0.940. The average molecular weight is 323 g/mol. The molecular weight excluding hydrogens is 312 g/mol. The minimum absolute atomic E-state index is 0.136. The first-order valence-electron chi connectivity index (χ1n) is 5.89. The molecule has 0 saturated heterocycles. The molecule has 2 atom stereocenters. The molecule has 1 fully saturated rings. The van der Waals surface area contributed by atoms with Crippen LogP contribution in [0.1, 0.15) is 23.8 Å². The Labute approximate surface area is 117 Å². The molecule has 1 aromatic heterocycles. The highest BCUT2D eigenvalue weighted by molar-refractivity contribution is 9.10. The summed E-state index contributed by atoms with van der Waals surface area (Å²) >= 11 is 3.47. The highest BCUT2D eigenvalue weighted by Gasteiger charge is 2.48. The van der Waals surface area contributed by atoms with Crippen LogP contribution in [0.4, 0.5) is 0 Å². The predicted molar refractivity (Wildman–Crippen MR) is 70.7 cm³/mol. The van der Waals surface area contributed by atoms with E-state index >= 15 is 0 Å². The van der Waals surface area contributed by atoms with Gasteiger partial charge in [0.2, 0.25) is 11.7 Å². The maximum absolute atomic E-state index is 10.8. The Kier molecular flexibility index (Phi) is 2.89. The maximum atomic E-state index is 10.8. The average Bonchev–Trinajstić information content (AvgIpc) is 3.01. The molecule has 1 aromatic carbocycles. The number of halogens is 1. The molecule has 19 heavy (non-hydrogen) atoms. The fourth-order valence-electron chi connectivity index (χ4n) is 2.04. The lowest BCUT2D eigenvalue weighted by Crippen LogP contribution is -1.98. The third-order valence-electron chi connectivity index (χ3n) is 3.23. The lowest BCUT2D eigenvalue weighted by molar-refractivity contribution is -0.138. The topological polar surface area (TPSA) is 76.2 Å². The number of benzene rings is 1. The molecular formula is C13H11BrN2O3. The molecule has 98 valence electrons. The summed E-state index contributed by atoms with van der Waals surface area (Å²) in [4.78, 5) is 15.1. The molecule has 1 saturated carbocycles. The zero-order valence-corrected chi connectivity index (χ0v) is 11.7. The van der Waals surface area contributed by atoms with Crippen LogP contribution in [-0.2, 0) is 4.79 Å². The van der Waals surface area contributed by atoms with Crippen molar-refractivity contribution < 1.29 is 14.4 Å². The second kappa shape index (κ2) is 4.45. The lowest BCUT2D eigenvalue weighted by atomic mass is 10.1. The van der Waals surface area contributed by atoms with E-state index in [4.69, 9.17) is 9.63 Å². The van der Waals surface area contributed by atoms with Crippen LogP contribution >= 0.6 is 15.9 Å². The van der Waals surface area contributed by atoms with Crippen LogP contribution in [0.3, 0.4) is 0 Å². The molecule has 3 rings (SSSR count). The summed E-state index contributed by atoms with van der Waals surface area (Å²) < 4.78 is 6.06. The molecule has 0 spiro atoms. The smallest absolute Gasteiger partial charge is 0.307 e. The van der Waals surface area contributed by atoms with Crippen molar-refractivity contribution in [1.82, 2.24) is 10.1 Å². The van der Waals surface area contributed by atoms with Gasteiger partial charge in [0.25, 0.3) is 0 Å². The van der Waals surface area contributed by atoms with E-state index in [1.807, 2.05) is 25.1 Å². The highest BCUT2D eigenvalue weighted by atomic mass is 79.9. The van der Waals surface area contributed by atoms with Crippen LogP contribution < -0.4 is 0 Å². The van der Waals surface area contributed by atoms with E-state index in [0.29, 0.717) is 18.1 Å². The van der Waals surface area contributed by atoms with Crippen molar-refractivity contribution in [3.05, 3.63) is 34.1 Å². The van der Waals surface area contributed by atoms with Crippen molar-refractivity contribution in [3.8, 4) is 11.4 Å². The van der Waals surface area contributed by atoms with E-state index in [1.165, 1.54) is 0 Å². The first-order valence-corrected chi connectivity index (χ1v) is 6.68. The summed E-state index contributed by atoms with van der Waals surface area (Å²) in [5.74, 6) is -0.424. The van der Waals surface area contributed by atoms with E-state index in [0.717, 1.165) is 15.6 Å². The van der Waals surface area contributed by atoms with Gasteiger partial charge < -0.3 is 9.63 Å². The summed E-state index contributed by atoms with van der Waals surface area (Å²) in [5.41, 5.74) is 1.97. The van der Waals surface area contributed by atoms with Gasteiger partial charge in [-0.3, -0.25) is 4.79 Å². The first-order chi connectivity index (χ1) is 9.06. The minimum Gasteiger partial charge on any atom is -0.481 e. The molecule has 5 nitrogen and oxygen atoms in total. The summed E-state index contributed by atoms with van der Waals surface area (Å²) in [7, 11) is 0. The van der Waals surface area contributed by atoms with Gasteiger partial charge in [0.15, 0.2) is 0 Å². The zero-order chi connectivity index (χ0) is 13.6. The monoisotopic (exact) mass is 322 g/mol. The van der Waals surface area contributed by atoms with Gasteiger partial charge in [0.05, 0.1) is 11.8 Å². The predicted octanol–water partition coefficient (Wildman–Crippen LogP) is 3.00. The van der Waals surface area contributed by atoms with Gasteiger partial charge in [-0.2, -0.15) is 4.98 Å². The van der Waals surface area contributed by atoms with Crippen molar-refractivity contribution in [3.63, 3.8) is 0 Å². The lowest BCUT2D eigenvalue weighted by Gasteiger charge is -1.99. The van der Waals surface area contributed by atoms with Crippen LogP contribution in [0.25, 0.3) is 11.4 Å². The highest BCUT2D eigenvalue weighted by Crippen LogP contribution is 2.47. The summed E-state index contributed by atoms with van der Waals surface area (Å²) in [6.45, 7) is 2.00. The van der Waals surface area contributed by atoms with Gasteiger partial charge in [-0.1, -0.05) is 27.2 Å². The largest absolute Gasteiger partial charge is 0.481 e. The normalized spacial score (nSPS) is 21.4. The molecule has 0 bridgehead atoms. The molecule has 6 heteroatoms. The van der Waals surface area contributed by atoms with Crippen molar-refractivity contribution >= 4 is 21.9 Å². The number of hydrogen-bond acceptors (Lipinski definition) is 4. The number of aromatic nitrogens is 2. The van der Waals surface area contributed by atoms with E-state index in [1.54, 1.807) is 0 Å². The summed E-state index contributed by atoms with van der Waals surface area (Å²) in [5, 5.41) is 12.8.